The van der Waals surface area contributed by atoms with Crippen LogP contribution in [0.5, 0.6) is 0 Å². The topological polar surface area (TPSA) is 14.1 Å². The summed E-state index contributed by atoms with van der Waals surface area (Å²) >= 11 is 0. The fourth-order valence-corrected chi connectivity index (χ4v) is 3.74. The van der Waals surface area contributed by atoms with E-state index in [9.17, 15) is 0 Å². The predicted molar refractivity (Wildman–Crippen MR) is 83.8 cm³/mol. The highest BCUT2D eigenvalue weighted by molar-refractivity contribution is 5.92. The Labute approximate surface area is 121 Å². The Morgan fingerprint density at radius 2 is 1.50 bits per heavy atom. The summed E-state index contributed by atoms with van der Waals surface area (Å²) in [5.74, 6) is 0.713. The van der Waals surface area contributed by atoms with Gasteiger partial charge in [0.15, 0.2) is 0 Å². The average Bonchev–Trinajstić information content (AvgIpc) is 2.68. The number of hydrogen-bond donors (Lipinski definition) is 0. The fourth-order valence-electron chi connectivity index (χ4n) is 3.74. The SMILES string of the molecule is c1ccc2c(c1)[N]c1c-2cccc1C1CCCCCC1. The zero-order chi connectivity index (χ0) is 13.4. The smallest absolute Gasteiger partial charge is 0.0751 e. The second-order valence-corrected chi connectivity index (χ2v) is 6.06. The van der Waals surface area contributed by atoms with Crippen LogP contribution in [-0.4, -0.2) is 0 Å². The van der Waals surface area contributed by atoms with Gasteiger partial charge in [-0.15, -0.1) is 0 Å². The van der Waals surface area contributed by atoms with Crippen LogP contribution >= 0.6 is 0 Å². The normalized spacial score (nSPS) is 18.0. The van der Waals surface area contributed by atoms with Gasteiger partial charge >= 0.3 is 0 Å². The van der Waals surface area contributed by atoms with E-state index in [1.165, 1.54) is 60.9 Å². The second kappa shape index (κ2) is 4.97. The van der Waals surface area contributed by atoms with Gasteiger partial charge in [-0.25, -0.2) is 5.32 Å². The van der Waals surface area contributed by atoms with Crippen LogP contribution in [0.3, 0.4) is 0 Å². The van der Waals surface area contributed by atoms with Crippen molar-refractivity contribution < 1.29 is 0 Å². The zero-order valence-corrected chi connectivity index (χ0v) is 11.8. The molecule has 1 radical (unpaired) electrons. The monoisotopic (exact) mass is 262 g/mol. The van der Waals surface area contributed by atoms with Crippen molar-refractivity contribution in [2.45, 2.75) is 44.4 Å². The maximum Gasteiger partial charge on any atom is 0.0751 e. The van der Waals surface area contributed by atoms with Crippen LogP contribution in [-0.2, 0) is 0 Å². The van der Waals surface area contributed by atoms with Gasteiger partial charge in [-0.1, -0.05) is 62.1 Å². The van der Waals surface area contributed by atoms with Crippen molar-refractivity contribution in [3.63, 3.8) is 0 Å². The van der Waals surface area contributed by atoms with Crippen LogP contribution in [0.4, 0.5) is 11.4 Å². The van der Waals surface area contributed by atoms with E-state index in [0.29, 0.717) is 5.92 Å². The highest BCUT2D eigenvalue weighted by atomic mass is 14.9. The quantitative estimate of drug-likeness (QED) is 0.501. The molecule has 4 rings (SSSR count). The minimum atomic E-state index is 0.713. The van der Waals surface area contributed by atoms with Gasteiger partial charge in [0.25, 0.3) is 0 Å². The lowest BCUT2D eigenvalue weighted by atomic mass is 9.89. The van der Waals surface area contributed by atoms with Crippen molar-refractivity contribution in [3.05, 3.63) is 48.0 Å². The summed E-state index contributed by atoms with van der Waals surface area (Å²) in [7, 11) is 0. The summed E-state index contributed by atoms with van der Waals surface area (Å²) in [4.78, 5) is 0. The molecule has 2 aromatic rings. The van der Waals surface area contributed by atoms with Crippen molar-refractivity contribution in [2.24, 2.45) is 0 Å². The lowest BCUT2D eigenvalue weighted by Crippen LogP contribution is -2.00. The van der Waals surface area contributed by atoms with Gasteiger partial charge in [-0.2, -0.15) is 0 Å². The van der Waals surface area contributed by atoms with E-state index in [2.05, 4.69) is 42.5 Å². The molecule has 1 aliphatic heterocycles. The summed E-state index contributed by atoms with van der Waals surface area (Å²) in [5, 5.41) is 4.92. The number of fused-ring (bicyclic) bond motifs is 3. The molecule has 1 nitrogen and oxygen atoms in total. The van der Waals surface area contributed by atoms with Crippen molar-refractivity contribution in [1.82, 2.24) is 5.32 Å². The van der Waals surface area contributed by atoms with Gasteiger partial charge in [0.1, 0.15) is 0 Å². The third-order valence-electron chi connectivity index (χ3n) is 4.79. The molecule has 101 valence electrons. The molecule has 0 unspecified atom stereocenters. The molecule has 0 N–H and O–H groups in total. The first-order valence-corrected chi connectivity index (χ1v) is 7.87. The molecular weight excluding hydrogens is 242 g/mol. The molecule has 0 aromatic heterocycles. The van der Waals surface area contributed by atoms with E-state index >= 15 is 0 Å². The Kier molecular flexibility index (Phi) is 2.99. The zero-order valence-electron chi connectivity index (χ0n) is 11.8. The molecule has 2 aliphatic rings. The van der Waals surface area contributed by atoms with Crippen LogP contribution in [0, 0.1) is 0 Å². The van der Waals surface area contributed by atoms with Crippen LogP contribution in [0.1, 0.15) is 50.0 Å². The largest absolute Gasteiger partial charge is 0.247 e. The van der Waals surface area contributed by atoms with Crippen LogP contribution < -0.4 is 5.32 Å². The number of nitrogens with zero attached hydrogens (tertiary/aromatic N) is 1. The van der Waals surface area contributed by atoms with Crippen LogP contribution in [0.2, 0.25) is 0 Å². The highest BCUT2D eigenvalue weighted by Gasteiger charge is 2.25. The van der Waals surface area contributed by atoms with Crippen LogP contribution in [0.15, 0.2) is 42.5 Å². The number of benzene rings is 2. The van der Waals surface area contributed by atoms with Gasteiger partial charge in [0, 0.05) is 11.1 Å². The molecule has 0 atom stereocenters. The van der Waals surface area contributed by atoms with E-state index in [4.69, 9.17) is 5.32 Å². The molecule has 20 heavy (non-hydrogen) atoms. The minimum absolute atomic E-state index is 0.713. The Bertz CT molecular complexity index is 621. The van der Waals surface area contributed by atoms with Crippen molar-refractivity contribution in [3.8, 4) is 11.1 Å². The number of rotatable bonds is 1. The lowest BCUT2D eigenvalue weighted by molar-refractivity contribution is 0.592. The third kappa shape index (κ3) is 1.93. The standard InChI is InChI=1S/C19H20N/c1-2-4-9-14(8-3-1)15-11-7-12-17-16-10-5-6-13-18(16)20-19(15)17/h5-7,10-14H,1-4,8-9H2. The molecule has 2 aromatic carbocycles. The molecule has 1 heteroatoms. The Hall–Kier alpha value is -1.76. The summed E-state index contributed by atoms with van der Waals surface area (Å²) in [6.45, 7) is 0. The van der Waals surface area contributed by atoms with E-state index in [1.54, 1.807) is 0 Å². The van der Waals surface area contributed by atoms with Crippen molar-refractivity contribution >= 4 is 11.4 Å². The first kappa shape index (κ1) is 12.0. The summed E-state index contributed by atoms with van der Waals surface area (Å²) in [6, 6.07) is 15.3. The summed E-state index contributed by atoms with van der Waals surface area (Å²) in [5.41, 5.74) is 6.52. The first-order chi connectivity index (χ1) is 9.93. The maximum absolute atomic E-state index is 4.92. The molecule has 0 spiro atoms. The van der Waals surface area contributed by atoms with Gasteiger partial charge < -0.3 is 0 Å². The third-order valence-corrected chi connectivity index (χ3v) is 4.79. The van der Waals surface area contributed by atoms with Gasteiger partial charge in [0.2, 0.25) is 0 Å². The van der Waals surface area contributed by atoms with E-state index in [1.807, 2.05) is 0 Å². The first-order valence-electron chi connectivity index (χ1n) is 7.87. The highest BCUT2D eigenvalue weighted by Crippen LogP contribution is 2.47. The summed E-state index contributed by atoms with van der Waals surface area (Å²) < 4.78 is 0. The van der Waals surface area contributed by atoms with E-state index in [-0.39, 0.29) is 0 Å². The average molecular weight is 262 g/mol. The van der Waals surface area contributed by atoms with Gasteiger partial charge in [0.05, 0.1) is 11.4 Å². The molecule has 0 amide bonds. The molecule has 1 heterocycles. The Morgan fingerprint density at radius 1 is 0.750 bits per heavy atom. The molecule has 1 fully saturated rings. The molecule has 0 saturated heterocycles. The van der Waals surface area contributed by atoms with Crippen molar-refractivity contribution in [1.29, 1.82) is 0 Å². The van der Waals surface area contributed by atoms with Gasteiger partial charge in [-0.3, -0.25) is 0 Å². The van der Waals surface area contributed by atoms with Crippen molar-refractivity contribution in [2.75, 3.05) is 0 Å². The Balaban J connectivity index is 1.77. The molecule has 1 saturated carbocycles. The summed E-state index contributed by atoms with van der Waals surface area (Å²) in [6.07, 6.45) is 8.24. The Morgan fingerprint density at radius 3 is 2.35 bits per heavy atom. The van der Waals surface area contributed by atoms with E-state index < -0.39 is 0 Å². The number of para-hydroxylation sites is 2. The second-order valence-electron chi connectivity index (χ2n) is 6.06. The molecule has 1 aliphatic carbocycles. The molecular formula is C19H20N. The maximum atomic E-state index is 4.92. The number of hydrogen-bond acceptors (Lipinski definition) is 0. The lowest BCUT2D eigenvalue weighted by Gasteiger charge is -2.17. The van der Waals surface area contributed by atoms with Gasteiger partial charge in [-0.05, 0) is 30.4 Å². The van der Waals surface area contributed by atoms with Crippen LogP contribution in [0.25, 0.3) is 11.1 Å². The molecule has 0 bridgehead atoms. The minimum Gasteiger partial charge on any atom is -0.247 e. The predicted octanol–water partition coefficient (Wildman–Crippen LogP) is 5.67. The fraction of sp³-hybridized carbons (Fsp3) is 0.368. The van der Waals surface area contributed by atoms with E-state index in [0.717, 1.165) is 5.69 Å².